The van der Waals surface area contributed by atoms with Gasteiger partial charge in [-0.1, -0.05) is 12.0 Å². The van der Waals surface area contributed by atoms with Crippen molar-refractivity contribution in [2.45, 2.75) is 102 Å². The lowest BCUT2D eigenvalue weighted by atomic mass is 9.60. The molecule has 1 spiro atoms. The predicted molar refractivity (Wildman–Crippen MR) is 126 cm³/mol. The van der Waals surface area contributed by atoms with Crippen molar-refractivity contribution in [2.24, 2.45) is 22.9 Å². The van der Waals surface area contributed by atoms with E-state index < -0.39 is 53.6 Å². The van der Waals surface area contributed by atoms with E-state index in [1.807, 2.05) is 6.92 Å². The number of nitrogens with zero attached hydrogens (tertiary/aromatic N) is 4. The van der Waals surface area contributed by atoms with Crippen molar-refractivity contribution in [3.63, 3.8) is 0 Å². The number of nitrogens with one attached hydrogen (secondary N) is 1. The van der Waals surface area contributed by atoms with Crippen LogP contribution in [0.25, 0.3) is 10.4 Å². The van der Waals surface area contributed by atoms with Crippen LogP contribution in [-0.4, -0.2) is 52.3 Å². The number of H-pyrrole nitrogens is 1. The highest BCUT2D eigenvalue weighted by Crippen LogP contribution is 2.59. The molecule has 10 atom stereocenters. The predicted octanol–water partition coefficient (Wildman–Crippen LogP) is 2.79. The molecule has 13 heteroatoms. The van der Waals surface area contributed by atoms with Crippen LogP contribution in [0.3, 0.4) is 0 Å². The number of hydrogen-bond donors (Lipinski definition) is 1. The lowest BCUT2D eigenvalue weighted by Gasteiger charge is -2.58. The van der Waals surface area contributed by atoms with Crippen LogP contribution in [0.2, 0.25) is 0 Å². The Hall–Kier alpha value is -2.25. The van der Waals surface area contributed by atoms with E-state index in [2.05, 4.69) is 21.9 Å². The van der Waals surface area contributed by atoms with Gasteiger partial charge in [0.1, 0.15) is 6.23 Å². The molecule has 1 aromatic rings. The summed E-state index contributed by atoms with van der Waals surface area (Å²) in [5, 5.41) is 3.88. The van der Waals surface area contributed by atoms with Crippen molar-refractivity contribution in [3.8, 4) is 0 Å². The molecule has 6 aliphatic rings. The van der Waals surface area contributed by atoms with E-state index in [4.69, 9.17) is 34.3 Å². The van der Waals surface area contributed by atoms with Crippen LogP contribution in [0.1, 0.15) is 64.2 Å². The zero-order chi connectivity index (χ0) is 25.9. The minimum atomic E-state index is -0.865. The summed E-state index contributed by atoms with van der Waals surface area (Å²) in [7, 11) is 0. The van der Waals surface area contributed by atoms with Gasteiger partial charge in [0, 0.05) is 41.9 Å². The van der Waals surface area contributed by atoms with Gasteiger partial charge in [-0.05, 0) is 50.5 Å². The van der Waals surface area contributed by atoms with Gasteiger partial charge in [0.05, 0.1) is 18.8 Å². The van der Waals surface area contributed by atoms with E-state index in [0.29, 0.717) is 17.9 Å². The van der Waals surface area contributed by atoms with E-state index in [9.17, 15) is 9.59 Å². The third-order valence-electron chi connectivity index (χ3n) is 8.93. The molecule has 37 heavy (non-hydrogen) atoms. The number of rotatable bonds is 5. The second-order valence-corrected chi connectivity index (χ2v) is 11.3. The Kier molecular flexibility index (Phi) is 6.22. The number of hydrogen-bond acceptors (Lipinski definition) is 9. The van der Waals surface area contributed by atoms with Crippen LogP contribution in [0.15, 0.2) is 20.9 Å². The molecule has 202 valence electrons. The summed E-state index contributed by atoms with van der Waals surface area (Å²) in [4.78, 5) is 41.3. The Morgan fingerprint density at radius 2 is 2.08 bits per heavy atom. The van der Waals surface area contributed by atoms with Crippen LogP contribution in [0.4, 0.5) is 0 Å². The van der Waals surface area contributed by atoms with Gasteiger partial charge >= 0.3 is 5.69 Å². The molecule has 5 saturated heterocycles. The number of aromatic nitrogens is 2. The molecule has 2 bridgehead atoms. The monoisotopic (exact) mass is 519 g/mol. The molecule has 1 aromatic heterocycles. The minimum Gasteiger partial charge on any atom is -0.352 e. The molecule has 1 N–H and O–H groups in total. The van der Waals surface area contributed by atoms with Crippen molar-refractivity contribution < 1.29 is 28.7 Å². The first-order valence-corrected chi connectivity index (χ1v) is 13.1. The molecule has 0 radical (unpaired) electrons. The maximum atomic E-state index is 12.4. The number of ether oxygens (including phenoxy) is 4. The highest BCUT2D eigenvalue weighted by atomic mass is 17.3. The van der Waals surface area contributed by atoms with Crippen molar-refractivity contribution in [2.75, 3.05) is 6.61 Å². The van der Waals surface area contributed by atoms with Gasteiger partial charge in [-0.15, -0.1) is 0 Å². The maximum absolute atomic E-state index is 12.4. The first-order valence-electron chi connectivity index (χ1n) is 13.1. The van der Waals surface area contributed by atoms with Crippen LogP contribution in [-0.2, 0) is 28.7 Å². The lowest BCUT2D eigenvalue weighted by molar-refractivity contribution is -0.573. The molecule has 0 aromatic carbocycles. The van der Waals surface area contributed by atoms with Gasteiger partial charge in [-0.2, -0.15) is 0 Å². The molecule has 1 saturated carbocycles. The summed E-state index contributed by atoms with van der Waals surface area (Å²) in [6.45, 7) is 5.85. The fourth-order valence-corrected chi connectivity index (χ4v) is 6.90. The molecule has 1 aliphatic carbocycles. The summed E-state index contributed by atoms with van der Waals surface area (Å²) in [5.74, 6) is 0.0262. The molecule has 7 rings (SSSR count). The smallest absolute Gasteiger partial charge is 0.330 e. The van der Waals surface area contributed by atoms with Crippen LogP contribution in [0.5, 0.6) is 0 Å². The highest BCUT2D eigenvalue weighted by Gasteiger charge is 2.68. The minimum absolute atomic E-state index is 0.100. The summed E-state index contributed by atoms with van der Waals surface area (Å²) in [6.07, 6.45) is 3.61. The SMILES string of the molecule is Cc1cn(C2C[C@@H](N=[N+]=[N-])[C@H](CO[C@@H]3C[C@@H]4CC[C@@H](C)[C@@H]5CCC6(C)OO[C@@]45C(O3)O6)O2)c(=O)[nH]c1=O. The molecule has 3 unspecified atom stereocenters. The van der Waals surface area contributed by atoms with Crippen molar-refractivity contribution in [1.29, 1.82) is 0 Å². The fraction of sp³-hybridized carbons (Fsp3) is 0.833. The first-order chi connectivity index (χ1) is 17.7. The second kappa shape index (κ2) is 9.19. The Balaban J connectivity index is 1.18. The van der Waals surface area contributed by atoms with Gasteiger partial charge in [-0.3, -0.25) is 14.3 Å². The number of aryl methyl sites for hydroxylation is 1. The molecular formula is C24H33N5O8. The standard InChI is InChI=1S/C24H33N5O8/c1-12-4-5-14-8-19(34-21-24(14)15(12)6-7-23(3,35-21)36-37-24)32-11-17-16(27-28-25)9-18(33-17)29-10-13(2)20(30)26-22(29)31/h10,12,14-19,21H,4-9,11H2,1-3H3,(H,26,30,31)/t12-,14+,15+,16-,17+,18?,19+,21?,23?,24+/m1/s1. The Bertz CT molecular complexity index is 1210. The topological polar surface area (TPSA) is 159 Å². The van der Waals surface area contributed by atoms with E-state index in [1.54, 1.807) is 6.92 Å². The molecule has 6 fully saturated rings. The van der Waals surface area contributed by atoms with Gasteiger partial charge in [0.25, 0.3) is 5.56 Å². The normalized spacial score (nSPS) is 44.6. The van der Waals surface area contributed by atoms with Crippen LogP contribution < -0.4 is 11.2 Å². The molecule has 6 heterocycles. The molecule has 13 nitrogen and oxygen atoms in total. The number of azide groups is 1. The molecule has 0 amide bonds. The maximum Gasteiger partial charge on any atom is 0.330 e. The molecule has 5 aliphatic heterocycles. The van der Waals surface area contributed by atoms with Crippen LogP contribution >= 0.6 is 0 Å². The summed E-state index contributed by atoms with van der Waals surface area (Å²) in [6, 6.07) is -0.551. The second-order valence-electron chi connectivity index (χ2n) is 11.3. The summed E-state index contributed by atoms with van der Waals surface area (Å²) >= 11 is 0. The number of fused-ring (bicyclic) bond motifs is 2. The lowest BCUT2D eigenvalue weighted by Crippen LogP contribution is -2.68. The first kappa shape index (κ1) is 25.1. The average molecular weight is 520 g/mol. The van der Waals surface area contributed by atoms with E-state index >= 15 is 0 Å². The van der Waals surface area contributed by atoms with Crippen molar-refractivity contribution >= 4 is 0 Å². The van der Waals surface area contributed by atoms with Gasteiger partial charge in [0.15, 0.2) is 18.2 Å². The third kappa shape index (κ3) is 4.13. The largest absolute Gasteiger partial charge is 0.352 e. The summed E-state index contributed by atoms with van der Waals surface area (Å²) < 4.78 is 26.3. The van der Waals surface area contributed by atoms with Gasteiger partial charge in [-0.25, -0.2) is 14.6 Å². The third-order valence-corrected chi connectivity index (χ3v) is 8.93. The van der Waals surface area contributed by atoms with Crippen molar-refractivity contribution in [3.05, 3.63) is 43.0 Å². The average Bonchev–Trinajstić information content (AvgIpc) is 3.11. The van der Waals surface area contributed by atoms with Crippen LogP contribution in [0, 0.1) is 24.7 Å². The quantitative estimate of drug-likeness (QED) is 0.269. The summed E-state index contributed by atoms with van der Waals surface area (Å²) in [5.41, 5.74) is 7.79. The van der Waals surface area contributed by atoms with Crippen molar-refractivity contribution in [1.82, 2.24) is 9.55 Å². The van der Waals surface area contributed by atoms with Gasteiger partial charge < -0.3 is 18.9 Å². The zero-order valence-electron chi connectivity index (χ0n) is 21.2. The number of aromatic amines is 1. The Labute approximate surface area is 212 Å². The Morgan fingerprint density at radius 1 is 1.24 bits per heavy atom. The van der Waals surface area contributed by atoms with E-state index in [1.165, 1.54) is 10.8 Å². The fourth-order valence-electron chi connectivity index (χ4n) is 6.90. The highest BCUT2D eigenvalue weighted by molar-refractivity contribution is 5.07. The molecular weight excluding hydrogens is 486 g/mol. The van der Waals surface area contributed by atoms with E-state index in [0.717, 1.165) is 25.7 Å². The van der Waals surface area contributed by atoms with Gasteiger partial charge in [0.2, 0.25) is 5.79 Å². The Morgan fingerprint density at radius 3 is 2.89 bits per heavy atom. The zero-order valence-corrected chi connectivity index (χ0v) is 21.2. The van der Waals surface area contributed by atoms with E-state index in [-0.39, 0.29) is 24.9 Å².